The van der Waals surface area contributed by atoms with Gasteiger partial charge in [0.05, 0.1) is 6.61 Å². The second-order valence-corrected chi connectivity index (χ2v) is 9.85. The first kappa shape index (κ1) is 20.3. The average Bonchev–Trinajstić information content (AvgIpc) is 2.61. The topological polar surface area (TPSA) is 76.1 Å². The van der Waals surface area contributed by atoms with Gasteiger partial charge in [-0.15, -0.1) is 0 Å². The third kappa shape index (κ3) is 5.49. The van der Waals surface area contributed by atoms with Gasteiger partial charge in [0.25, 0.3) is 0 Å². The molecular weight excluding hydrogens is 370 g/mol. The predicted octanol–water partition coefficient (Wildman–Crippen LogP) is 2.50. The summed E-state index contributed by atoms with van der Waals surface area (Å²) in [6.45, 7) is 5.05. The fourth-order valence-electron chi connectivity index (χ4n) is 2.51. The Balaban J connectivity index is 1.92. The summed E-state index contributed by atoms with van der Waals surface area (Å²) in [7, 11) is -7.05. The van der Waals surface area contributed by atoms with E-state index in [-0.39, 0.29) is 31.7 Å². The third-order valence-electron chi connectivity index (χ3n) is 3.94. The first-order valence-electron chi connectivity index (χ1n) is 8.16. The zero-order valence-corrected chi connectivity index (χ0v) is 16.1. The maximum atomic E-state index is 13.0. The monoisotopic (exact) mass is 394 g/mol. The lowest BCUT2D eigenvalue weighted by Gasteiger charge is -2.35. The molecule has 1 saturated heterocycles. The summed E-state index contributed by atoms with van der Waals surface area (Å²) < 4.78 is 61.5. The van der Waals surface area contributed by atoms with Gasteiger partial charge < -0.3 is 9.42 Å². The van der Waals surface area contributed by atoms with Gasteiger partial charge in [-0.05, 0) is 31.2 Å². The van der Waals surface area contributed by atoms with E-state index < -0.39 is 23.6 Å². The highest BCUT2D eigenvalue weighted by Crippen LogP contribution is 2.47. The van der Waals surface area contributed by atoms with Crippen molar-refractivity contribution in [3.05, 3.63) is 30.1 Å². The molecule has 1 aliphatic rings. The fourth-order valence-corrected chi connectivity index (χ4v) is 5.39. The van der Waals surface area contributed by atoms with Crippen LogP contribution in [0.1, 0.15) is 13.8 Å². The fraction of sp³-hybridized carbons (Fsp3) is 0.600. The van der Waals surface area contributed by atoms with Crippen molar-refractivity contribution in [3.8, 4) is 0 Å². The Morgan fingerprint density at radius 2 is 1.68 bits per heavy atom. The van der Waals surface area contributed by atoms with Crippen molar-refractivity contribution in [1.29, 1.82) is 0 Å². The Morgan fingerprint density at radius 3 is 2.20 bits per heavy atom. The van der Waals surface area contributed by atoms with Crippen molar-refractivity contribution in [1.82, 2.24) is 4.31 Å². The zero-order valence-electron chi connectivity index (χ0n) is 14.4. The third-order valence-corrected chi connectivity index (χ3v) is 7.63. The lowest BCUT2D eigenvalue weighted by atomic mass is 10.2. The minimum absolute atomic E-state index is 0.120. The number of sulfonamides is 1. The second-order valence-electron chi connectivity index (χ2n) is 5.57. The highest BCUT2D eigenvalue weighted by atomic mass is 32.2. The van der Waals surface area contributed by atoms with E-state index in [0.717, 1.165) is 5.69 Å². The van der Waals surface area contributed by atoms with Gasteiger partial charge in [0.15, 0.2) is 5.94 Å². The minimum atomic E-state index is -3.69. The molecule has 0 bridgehead atoms. The van der Waals surface area contributed by atoms with Gasteiger partial charge >= 0.3 is 7.60 Å². The van der Waals surface area contributed by atoms with Crippen LogP contribution in [0.3, 0.4) is 0 Å². The van der Waals surface area contributed by atoms with Crippen molar-refractivity contribution in [2.45, 2.75) is 13.8 Å². The van der Waals surface area contributed by atoms with Gasteiger partial charge in [-0.3, -0.25) is 9.09 Å². The van der Waals surface area contributed by atoms with Crippen molar-refractivity contribution >= 4 is 23.3 Å². The summed E-state index contributed by atoms with van der Waals surface area (Å²) in [4.78, 5) is 1.99. The number of piperazine rings is 1. The van der Waals surface area contributed by atoms with Crippen LogP contribution in [0.25, 0.3) is 0 Å². The smallest absolute Gasteiger partial charge is 0.331 e. The summed E-state index contributed by atoms with van der Waals surface area (Å²) in [6.07, 6.45) is 0.120. The molecule has 1 aliphatic heterocycles. The van der Waals surface area contributed by atoms with Crippen LogP contribution in [-0.2, 0) is 23.6 Å². The molecule has 1 atom stereocenters. The maximum Gasteiger partial charge on any atom is 0.331 e. The van der Waals surface area contributed by atoms with Crippen LogP contribution < -0.4 is 4.90 Å². The van der Waals surface area contributed by atoms with E-state index in [0.29, 0.717) is 13.1 Å². The zero-order chi connectivity index (χ0) is 18.5. The SMILES string of the molecule is CCOP(=O)(CC)OCS(=O)(=O)N1CCN(c2ccc(F)cc2)CC1. The van der Waals surface area contributed by atoms with Crippen molar-refractivity contribution in [3.63, 3.8) is 0 Å². The maximum absolute atomic E-state index is 13.0. The highest BCUT2D eigenvalue weighted by Gasteiger charge is 2.31. The quantitative estimate of drug-likeness (QED) is 0.631. The average molecular weight is 394 g/mol. The van der Waals surface area contributed by atoms with Crippen LogP contribution in [-0.4, -0.2) is 57.6 Å². The Labute approximate surface area is 148 Å². The molecule has 0 N–H and O–H groups in total. The molecule has 1 unspecified atom stereocenters. The van der Waals surface area contributed by atoms with Gasteiger partial charge in [-0.1, -0.05) is 6.92 Å². The lowest BCUT2D eigenvalue weighted by molar-refractivity contribution is 0.231. The molecule has 0 amide bonds. The molecule has 0 spiro atoms. The van der Waals surface area contributed by atoms with E-state index in [9.17, 15) is 17.4 Å². The number of hydrogen-bond acceptors (Lipinski definition) is 6. The number of anilines is 1. The molecular formula is C15H24FN2O5PS. The molecule has 0 radical (unpaired) electrons. The Kier molecular flexibility index (Phi) is 6.99. The molecule has 10 heteroatoms. The molecule has 0 aromatic heterocycles. The van der Waals surface area contributed by atoms with Crippen LogP contribution in [0.5, 0.6) is 0 Å². The predicted molar refractivity (Wildman–Crippen MR) is 94.8 cm³/mol. The number of nitrogens with zero attached hydrogens (tertiary/aromatic N) is 2. The minimum Gasteiger partial charge on any atom is -0.369 e. The summed E-state index contributed by atoms with van der Waals surface area (Å²) in [5.41, 5.74) is 0.849. The molecule has 1 aromatic rings. The Bertz CT molecular complexity index is 705. The van der Waals surface area contributed by atoms with Crippen molar-refractivity contribution in [2.75, 3.05) is 49.8 Å². The van der Waals surface area contributed by atoms with E-state index in [2.05, 4.69) is 0 Å². The van der Waals surface area contributed by atoms with Crippen LogP contribution >= 0.6 is 7.60 Å². The van der Waals surface area contributed by atoms with Gasteiger partial charge in [0, 0.05) is 38.0 Å². The lowest BCUT2D eigenvalue weighted by Crippen LogP contribution is -2.49. The number of hydrogen-bond donors (Lipinski definition) is 0. The number of rotatable bonds is 8. The highest BCUT2D eigenvalue weighted by molar-refractivity contribution is 7.89. The summed E-state index contributed by atoms with van der Waals surface area (Å²) in [6, 6.07) is 6.09. The van der Waals surface area contributed by atoms with Crippen LogP contribution in [0.2, 0.25) is 0 Å². The van der Waals surface area contributed by atoms with Crippen LogP contribution in [0, 0.1) is 5.82 Å². The first-order chi connectivity index (χ1) is 11.8. The first-order valence-corrected chi connectivity index (χ1v) is 11.5. The molecule has 7 nitrogen and oxygen atoms in total. The standard InChI is InChI=1S/C15H24FN2O5PS/c1-3-22-24(19,4-2)23-13-25(20,21)18-11-9-17(10-12-18)15-7-5-14(16)6-8-15/h5-8H,3-4,9-13H2,1-2H3. The molecule has 0 aliphatic carbocycles. The van der Waals surface area contributed by atoms with Gasteiger partial charge in [0.1, 0.15) is 5.82 Å². The summed E-state index contributed by atoms with van der Waals surface area (Å²) in [5, 5.41) is 0. The van der Waals surface area contributed by atoms with E-state index in [4.69, 9.17) is 9.05 Å². The summed E-state index contributed by atoms with van der Waals surface area (Å²) in [5.74, 6) is -0.967. The van der Waals surface area contributed by atoms with E-state index >= 15 is 0 Å². The largest absolute Gasteiger partial charge is 0.369 e. The van der Waals surface area contributed by atoms with E-state index in [1.54, 1.807) is 26.0 Å². The number of benzene rings is 1. The molecule has 2 rings (SSSR count). The van der Waals surface area contributed by atoms with E-state index in [1.165, 1.54) is 16.4 Å². The normalized spacial score (nSPS) is 18.9. The molecule has 0 saturated carbocycles. The Hall–Kier alpha value is -0.990. The molecule has 25 heavy (non-hydrogen) atoms. The van der Waals surface area contributed by atoms with Crippen LogP contribution in [0.15, 0.2) is 24.3 Å². The molecule has 1 heterocycles. The molecule has 1 aromatic carbocycles. The van der Waals surface area contributed by atoms with Crippen LogP contribution in [0.4, 0.5) is 10.1 Å². The van der Waals surface area contributed by atoms with Crippen molar-refractivity contribution < 1.29 is 26.4 Å². The second kappa shape index (κ2) is 8.60. The van der Waals surface area contributed by atoms with E-state index in [1.807, 2.05) is 4.90 Å². The summed E-state index contributed by atoms with van der Waals surface area (Å²) >= 11 is 0. The molecule has 1 fully saturated rings. The Morgan fingerprint density at radius 1 is 1.08 bits per heavy atom. The van der Waals surface area contributed by atoms with Gasteiger partial charge in [-0.25, -0.2) is 12.8 Å². The number of halogens is 1. The molecule has 142 valence electrons. The van der Waals surface area contributed by atoms with Crippen molar-refractivity contribution in [2.24, 2.45) is 0 Å². The van der Waals surface area contributed by atoms with Gasteiger partial charge in [0.2, 0.25) is 10.0 Å². The van der Waals surface area contributed by atoms with Gasteiger partial charge in [-0.2, -0.15) is 4.31 Å².